The predicted octanol–water partition coefficient (Wildman–Crippen LogP) is 1.79. The molecule has 1 atom stereocenters. The molecular formula is C10H9BrClO2-. The highest BCUT2D eigenvalue weighted by molar-refractivity contribution is 9.09. The van der Waals surface area contributed by atoms with Gasteiger partial charge in [0.15, 0.2) is 0 Å². The number of aliphatic carboxylic acids is 1. The molecule has 0 saturated carbocycles. The first-order chi connectivity index (χ1) is 6.58. The van der Waals surface area contributed by atoms with Crippen LogP contribution in [0, 0.1) is 0 Å². The summed E-state index contributed by atoms with van der Waals surface area (Å²) in [6.07, 6.45) is 0.674. The summed E-state index contributed by atoms with van der Waals surface area (Å²) in [6.45, 7) is 0. The second kappa shape index (κ2) is 5.37. The molecule has 2 nitrogen and oxygen atoms in total. The summed E-state index contributed by atoms with van der Waals surface area (Å²) in [5.74, 6) is -1.04. The Labute approximate surface area is 96.0 Å². The van der Waals surface area contributed by atoms with E-state index in [1.165, 1.54) is 0 Å². The van der Waals surface area contributed by atoms with E-state index in [-0.39, 0.29) is 11.2 Å². The largest absolute Gasteiger partial charge is 0.550 e. The molecule has 76 valence electrons. The number of carbonyl (C=O) groups excluding carboxylic acids is 1. The van der Waals surface area contributed by atoms with E-state index in [4.69, 9.17) is 11.6 Å². The third-order valence-corrected chi connectivity index (χ3v) is 2.66. The summed E-state index contributed by atoms with van der Waals surface area (Å²) in [6, 6.07) is 7.34. The van der Waals surface area contributed by atoms with Crippen LogP contribution in [-0.4, -0.2) is 10.8 Å². The van der Waals surface area contributed by atoms with Gasteiger partial charge in [-0.25, -0.2) is 0 Å². The molecule has 0 aliphatic carbocycles. The minimum Gasteiger partial charge on any atom is -0.550 e. The van der Waals surface area contributed by atoms with E-state index in [1.807, 2.05) is 12.1 Å². The molecule has 0 spiro atoms. The van der Waals surface area contributed by atoms with Crippen molar-refractivity contribution >= 4 is 33.5 Å². The number of rotatable bonds is 4. The minimum absolute atomic E-state index is 0.0165. The molecule has 4 heteroatoms. The van der Waals surface area contributed by atoms with Crippen molar-refractivity contribution in [1.82, 2.24) is 0 Å². The Bertz CT molecular complexity index is 310. The van der Waals surface area contributed by atoms with E-state index >= 15 is 0 Å². The molecule has 0 aliphatic heterocycles. The second-order valence-corrected chi connectivity index (χ2v) is 4.74. The summed E-state index contributed by atoms with van der Waals surface area (Å²) in [5, 5.41) is 11.0. The molecule has 0 bridgehead atoms. The zero-order chi connectivity index (χ0) is 10.6. The summed E-state index contributed by atoms with van der Waals surface area (Å²) >= 11 is 9.00. The molecule has 0 amide bonds. The van der Waals surface area contributed by atoms with Crippen LogP contribution < -0.4 is 5.11 Å². The molecule has 0 N–H and O–H groups in total. The Morgan fingerprint density at radius 3 is 2.50 bits per heavy atom. The van der Waals surface area contributed by atoms with Gasteiger partial charge in [0, 0.05) is 15.8 Å². The van der Waals surface area contributed by atoms with E-state index < -0.39 is 5.97 Å². The molecule has 14 heavy (non-hydrogen) atoms. The van der Waals surface area contributed by atoms with Gasteiger partial charge in [0.1, 0.15) is 0 Å². The van der Waals surface area contributed by atoms with Gasteiger partial charge in [0.25, 0.3) is 0 Å². The highest BCUT2D eigenvalue weighted by Crippen LogP contribution is 2.15. The highest BCUT2D eigenvalue weighted by Gasteiger charge is 2.05. The van der Waals surface area contributed by atoms with Gasteiger partial charge < -0.3 is 9.90 Å². The Morgan fingerprint density at radius 1 is 1.43 bits per heavy atom. The number of carboxylic acid groups (broad SMARTS) is 1. The maximum atomic E-state index is 10.3. The van der Waals surface area contributed by atoms with Crippen LogP contribution in [-0.2, 0) is 11.2 Å². The summed E-state index contributed by atoms with van der Waals surface area (Å²) in [4.78, 5) is 10.2. The van der Waals surface area contributed by atoms with E-state index in [1.54, 1.807) is 12.1 Å². The number of carbonyl (C=O) groups is 1. The van der Waals surface area contributed by atoms with Gasteiger partial charge in [-0.2, -0.15) is 0 Å². The van der Waals surface area contributed by atoms with Gasteiger partial charge >= 0.3 is 0 Å². The predicted molar refractivity (Wildman–Crippen MR) is 57.5 cm³/mol. The zero-order valence-corrected chi connectivity index (χ0v) is 9.72. The third-order valence-electron chi connectivity index (χ3n) is 1.76. The van der Waals surface area contributed by atoms with Crippen LogP contribution in [0.4, 0.5) is 0 Å². The van der Waals surface area contributed by atoms with Crippen LogP contribution in [0.15, 0.2) is 24.3 Å². The molecule has 1 aromatic rings. The van der Waals surface area contributed by atoms with Crippen molar-refractivity contribution in [2.45, 2.75) is 17.7 Å². The topological polar surface area (TPSA) is 40.1 Å². The lowest BCUT2D eigenvalue weighted by atomic mass is 10.1. The number of carboxylic acids is 1. The summed E-state index contributed by atoms with van der Waals surface area (Å²) in [7, 11) is 0. The fourth-order valence-electron chi connectivity index (χ4n) is 1.13. The number of alkyl halides is 1. The molecule has 0 aromatic heterocycles. The van der Waals surface area contributed by atoms with Gasteiger partial charge in [-0.15, -0.1) is 0 Å². The lowest BCUT2D eigenvalue weighted by molar-refractivity contribution is -0.305. The number of hydrogen-bond acceptors (Lipinski definition) is 2. The van der Waals surface area contributed by atoms with Crippen LogP contribution in [0.2, 0.25) is 5.02 Å². The molecule has 1 rings (SSSR count). The Kier molecular flexibility index (Phi) is 4.42. The quantitative estimate of drug-likeness (QED) is 0.787. The van der Waals surface area contributed by atoms with Gasteiger partial charge in [0.2, 0.25) is 0 Å². The molecule has 1 aromatic carbocycles. The third kappa shape index (κ3) is 4.11. The fraction of sp³-hybridized carbons (Fsp3) is 0.300. The van der Waals surface area contributed by atoms with Crippen LogP contribution in [0.5, 0.6) is 0 Å². The van der Waals surface area contributed by atoms with Crippen molar-refractivity contribution in [2.24, 2.45) is 0 Å². The molecule has 1 unspecified atom stereocenters. The Morgan fingerprint density at radius 2 is 2.00 bits per heavy atom. The standard InChI is InChI=1S/C10H10BrClO2/c11-8(6-10(13)14)5-7-1-3-9(12)4-2-7/h1-4,8H,5-6H2,(H,13,14)/p-1. The van der Waals surface area contributed by atoms with Gasteiger partial charge in [-0.3, -0.25) is 0 Å². The molecule has 0 saturated heterocycles. The van der Waals surface area contributed by atoms with Gasteiger partial charge in [-0.1, -0.05) is 39.7 Å². The van der Waals surface area contributed by atoms with Crippen molar-refractivity contribution < 1.29 is 9.90 Å². The van der Waals surface area contributed by atoms with Gasteiger partial charge in [0.05, 0.1) is 0 Å². The van der Waals surface area contributed by atoms with Crippen LogP contribution in [0.1, 0.15) is 12.0 Å². The number of hydrogen-bond donors (Lipinski definition) is 0. The lowest BCUT2D eigenvalue weighted by Crippen LogP contribution is -2.26. The monoisotopic (exact) mass is 275 g/mol. The first-order valence-corrected chi connectivity index (χ1v) is 5.45. The molecule has 0 fully saturated rings. The summed E-state index contributed by atoms with van der Waals surface area (Å²) < 4.78 is 0. The molecule has 0 heterocycles. The fourth-order valence-corrected chi connectivity index (χ4v) is 1.89. The minimum atomic E-state index is -1.04. The Hall–Kier alpha value is -0.540. The second-order valence-electron chi connectivity index (χ2n) is 3.00. The number of benzene rings is 1. The molecule has 0 aliphatic rings. The van der Waals surface area contributed by atoms with Crippen molar-refractivity contribution in [1.29, 1.82) is 0 Å². The average Bonchev–Trinajstić information content (AvgIpc) is 2.07. The molecular weight excluding hydrogens is 267 g/mol. The first kappa shape index (κ1) is 11.5. The van der Waals surface area contributed by atoms with Crippen molar-refractivity contribution in [2.75, 3.05) is 0 Å². The molecule has 0 radical (unpaired) electrons. The van der Waals surface area contributed by atoms with Crippen molar-refractivity contribution in [3.8, 4) is 0 Å². The Balaban J connectivity index is 2.51. The highest BCUT2D eigenvalue weighted by atomic mass is 79.9. The SMILES string of the molecule is O=C([O-])CC(Br)Cc1ccc(Cl)cc1. The maximum absolute atomic E-state index is 10.3. The van der Waals surface area contributed by atoms with Gasteiger partial charge in [-0.05, 0) is 30.5 Å². The number of halogens is 2. The van der Waals surface area contributed by atoms with Crippen molar-refractivity contribution in [3.05, 3.63) is 34.9 Å². The first-order valence-electron chi connectivity index (χ1n) is 4.16. The van der Waals surface area contributed by atoms with E-state index in [2.05, 4.69) is 15.9 Å². The zero-order valence-electron chi connectivity index (χ0n) is 7.37. The van der Waals surface area contributed by atoms with E-state index in [0.29, 0.717) is 11.4 Å². The van der Waals surface area contributed by atoms with E-state index in [0.717, 1.165) is 5.56 Å². The average molecular weight is 277 g/mol. The lowest BCUT2D eigenvalue weighted by Gasteiger charge is -2.10. The normalized spacial score (nSPS) is 12.4. The van der Waals surface area contributed by atoms with Crippen LogP contribution >= 0.6 is 27.5 Å². The van der Waals surface area contributed by atoms with Crippen molar-refractivity contribution in [3.63, 3.8) is 0 Å². The van der Waals surface area contributed by atoms with Crippen LogP contribution in [0.25, 0.3) is 0 Å². The maximum Gasteiger partial charge on any atom is 0.0425 e. The van der Waals surface area contributed by atoms with E-state index in [9.17, 15) is 9.90 Å². The smallest absolute Gasteiger partial charge is 0.0425 e. The summed E-state index contributed by atoms with van der Waals surface area (Å²) in [5.41, 5.74) is 1.05. The van der Waals surface area contributed by atoms with Crippen LogP contribution in [0.3, 0.4) is 0 Å².